The molecule has 0 radical (unpaired) electrons. The van der Waals surface area contributed by atoms with E-state index in [1.54, 1.807) is 0 Å². The number of nitrogens with two attached hydrogens (primary N) is 4. The van der Waals surface area contributed by atoms with Crippen LogP contribution >= 0.6 is 0 Å². The zero-order chi connectivity index (χ0) is 22.4. The number of aliphatic hydroxyl groups excluding tert-OH is 5. The minimum atomic E-state index is -1.32. The van der Waals surface area contributed by atoms with Crippen LogP contribution in [0.4, 0.5) is 0 Å². The van der Waals surface area contributed by atoms with Crippen LogP contribution in [0.1, 0.15) is 6.42 Å². The monoisotopic (exact) mass is 439 g/mol. The molecule has 1 saturated carbocycles. The van der Waals surface area contributed by atoms with Crippen molar-refractivity contribution in [3.63, 3.8) is 0 Å². The Balaban J connectivity index is 2.04. The van der Waals surface area contributed by atoms with E-state index in [-0.39, 0.29) is 39.3 Å². The molecule has 1 aliphatic carbocycles. The fraction of sp³-hybridized carbons (Fsp3) is 1.00. The Morgan fingerprint density at radius 1 is 0.967 bits per heavy atom. The van der Waals surface area contributed by atoms with Gasteiger partial charge in [-0.3, -0.25) is 0 Å². The molecule has 0 unspecified atom stereocenters. The summed E-state index contributed by atoms with van der Waals surface area (Å²) < 4.78 is 17.3. The van der Waals surface area contributed by atoms with Crippen LogP contribution in [0.15, 0.2) is 0 Å². The lowest BCUT2D eigenvalue weighted by atomic mass is 9.84. The average molecular weight is 440 g/mol. The van der Waals surface area contributed by atoms with Crippen molar-refractivity contribution in [3.05, 3.63) is 0 Å². The Bertz CT molecular complexity index is 503. The summed E-state index contributed by atoms with van der Waals surface area (Å²) in [4.78, 5) is 0. The summed E-state index contributed by atoms with van der Waals surface area (Å²) in [5, 5.41) is 51.8. The van der Waals surface area contributed by atoms with E-state index < -0.39 is 67.1 Å². The fourth-order valence-electron chi connectivity index (χ4n) is 3.71. The van der Waals surface area contributed by atoms with Crippen LogP contribution in [0.2, 0.25) is 0 Å². The van der Waals surface area contributed by atoms with Crippen LogP contribution in [0, 0.1) is 0 Å². The van der Waals surface area contributed by atoms with E-state index in [1.165, 1.54) is 0 Å². The molecular weight excluding hydrogens is 402 g/mol. The van der Waals surface area contributed by atoms with Crippen molar-refractivity contribution >= 4 is 0 Å². The Labute approximate surface area is 175 Å². The van der Waals surface area contributed by atoms with Crippen LogP contribution in [0.25, 0.3) is 0 Å². The molecule has 1 saturated heterocycles. The van der Waals surface area contributed by atoms with Gasteiger partial charge in [0.2, 0.25) is 0 Å². The molecule has 0 aromatic heterocycles. The van der Waals surface area contributed by atoms with Crippen molar-refractivity contribution in [2.24, 2.45) is 22.9 Å². The summed E-state index contributed by atoms with van der Waals surface area (Å²) in [5.41, 5.74) is 23.7. The minimum absolute atomic E-state index is 0.0580. The molecule has 178 valence electrons. The number of hydrogen-bond donors (Lipinski definition) is 10. The number of rotatable bonds is 10. The van der Waals surface area contributed by atoms with Gasteiger partial charge in [0.05, 0.1) is 38.0 Å². The number of nitrogens with one attached hydrogen (secondary N) is 1. The van der Waals surface area contributed by atoms with Gasteiger partial charge in [-0.1, -0.05) is 0 Å². The van der Waals surface area contributed by atoms with Crippen molar-refractivity contribution < 1.29 is 39.7 Å². The highest BCUT2D eigenvalue weighted by Crippen LogP contribution is 2.28. The van der Waals surface area contributed by atoms with Gasteiger partial charge in [-0.05, 0) is 6.42 Å². The second-order valence-electron chi connectivity index (χ2n) is 7.84. The van der Waals surface area contributed by atoms with Gasteiger partial charge in [0.1, 0.15) is 30.5 Å². The maximum atomic E-state index is 10.5. The van der Waals surface area contributed by atoms with Gasteiger partial charge in [0.15, 0.2) is 6.29 Å². The Morgan fingerprint density at radius 3 is 2.23 bits per heavy atom. The first kappa shape index (κ1) is 25.7. The van der Waals surface area contributed by atoms with Crippen molar-refractivity contribution in [3.8, 4) is 0 Å². The van der Waals surface area contributed by atoms with Crippen molar-refractivity contribution in [2.75, 3.05) is 32.9 Å². The second kappa shape index (κ2) is 11.9. The van der Waals surface area contributed by atoms with Gasteiger partial charge in [-0.25, -0.2) is 0 Å². The molecule has 0 aromatic carbocycles. The third-order valence-electron chi connectivity index (χ3n) is 5.62. The lowest BCUT2D eigenvalue weighted by molar-refractivity contribution is -0.291. The van der Waals surface area contributed by atoms with Crippen molar-refractivity contribution in [1.82, 2.24) is 5.32 Å². The third-order valence-corrected chi connectivity index (χ3v) is 5.62. The minimum Gasteiger partial charge on any atom is -0.395 e. The van der Waals surface area contributed by atoms with E-state index in [4.69, 9.17) is 47.4 Å². The quantitative estimate of drug-likeness (QED) is 0.143. The van der Waals surface area contributed by atoms with E-state index in [1.807, 2.05) is 0 Å². The van der Waals surface area contributed by atoms with Gasteiger partial charge in [0.25, 0.3) is 0 Å². The average Bonchev–Trinajstić information content (AvgIpc) is 2.73. The molecule has 0 amide bonds. The predicted octanol–water partition coefficient (Wildman–Crippen LogP) is -6.15. The number of ether oxygens (including phenoxy) is 3. The summed E-state index contributed by atoms with van der Waals surface area (Å²) in [7, 11) is 0. The molecule has 2 aliphatic rings. The summed E-state index contributed by atoms with van der Waals surface area (Å²) in [6, 6.07) is -2.80. The number of hydrogen-bond acceptors (Lipinski definition) is 13. The highest BCUT2D eigenvalue weighted by Gasteiger charge is 2.48. The lowest BCUT2D eigenvalue weighted by Crippen LogP contribution is -2.67. The predicted molar refractivity (Wildman–Crippen MR) is 105 cm³/mol. The molecule has 0 aromatic rings. The van der Waals surface area contributed by atoms with Gasteiger partial charge in [-0.15, -0.1) is 0 Å². The second-order valence-corrected chi connectivity index (χ2v) is 7.84. The highest BCUT2D eigenvalue weighted by atomic mass is 16.7. The molecule has 2 fully saturated rings. The molecule has 1 aliphatic heterocycles. The fourth-order valence-corrected chi connectivity index (χ4v) is 3.71. The molecular formula is C17H37N5O8. The Hall–Kier alpha value is -0.520. The van der Waals surface area contributed by atoms with E-state index >= 15 is 0 Å². The van der Waals surface area contributed by atoms with Crippen molar-refractivity contribution in [1.29, 1.82) is 0 Å². The summed E-state index contributed by atoms with van der Waals surface area (Å²) >= 11 is 0. The van der Waals surface area contributed by atoms with E-state index in [2.05, 4.69) is 5.32 Å². The topological polar surface area (TPSA) is 245 Å². The molecule has 10 atom stereocenters. The molecule has 1 heterocycles. The maximum absolute atomic E-state index is 10.5. The molecule has 0 bridgehead atoms. The van der Waals surface area contributed by atoms with Gasteiger partial charge in [0, 0.05) is 25.2 Å². The largest absolute Gasteiger partial charge is 0.395 e. The van der Waals surface area contributed by atoms with Crippen LogP contribution in [0.5, 0.6) is 0 Å². The SMILES string of the molecule is NC[C@H]1O[C@H](O[C@H]2[C@H](OCCNC(CO)CO)[C@@H](O)[C@H](N)C[C@@H]2N)[C@H](N)[C@@H](O)[C@@H]1O. The summed E-state index contributed by atoms with van der Waals surface area (Å²) in [5.74, 6) is 0. The first-order chi connectivity index (χ1) is 14.2. The maximum Gasteiger partial charge on any atom is 0.176 e. The summed E-state index contributed by atoms with van der Waals surface area (Å²) in [6.45, 7) is -0.139. The molecule has 13 nitrogen and oxygen atoms in total. The standard InChI is InChI=1S/C17H37N5O8/c18-4-10-13(26)14(27)11(21)17(29-10)30-15-9(20)3-8(19)12(25)16(15)28-2-1-22-7(5-23)6-24/h7-17,22-27H,1-6,18-21H2/t8-,9+,10-,11-,12+,13-,14-,15-,16-,17-/m1/s1. The molecule has 14 N–H and O–H groups in total. The van der Waals surface area contributed by atoms with E-state index in [0.717, 1.165) is 0 Å². The van der Waals surface area contributed by atoms with Crippen LogP contribution < -0.4 is 28.3 Å². The third kappa shape index (κ3) is 6.04. The van der Waals surface area contributed by atoms with Crippen LogP contribution in [-0.4, -0.2) is 126 Å². The zero-order valence-corrected chi connectivity index (χ0v) is 16.9. The van der Waals surface area contributed by atoms with Crippen molar-refractivity contribution in [2.45, 2.75) is 73.5 Å². The first-order valence-electron chi connectivity index (χ1n) is 10.1. The smallest absolute Gasteiger partial charge is 0.176 e. The summed E-state index contributed by atoms with van der Waals surface area (Å²) in [6.07, 6.45) is -7.18. The van der Waals surface area contributed by atoms with Gasteiger partial charge < -0.3 is 68.0 Å². The number of aliphatic hydroxyl groups is 5. The van der Waals surface area contributed by atoms with Crippen LogP contribution in [0.3, 0.4) is 0 Å². The Morgan fingerprint density at radius 2 is 1.63 bits per heavy atom. The van der Waals surface area contributed by atoms with E-state index in [9.17, 15) is 15.3 Å². The first-order valence-corrected chi connectivity index (χ1v) is 10.1. The molecule has 0 spiro atoms. The Kier molecular flexibility index (Phi) is 10.2. The van der Waals surface area contributed by atoms with Gasteiger partial charge >= 0.3 is 0 Å². The molecule has 13 heteroatoms. The lowest BCUT2D eigenvalue weighted by Gasteiger charge is -2.46. The normalized spacial score (nSPS) is 42.6. The van der Waals surface area contributed by atoms with Crippen LogP contribution in [-0.2, 0) is 14.2 Å². The van der Waals surface area contributed by atoms with Gasteiger partial charge in [-0.2, -0.15) is 0 Å². The zero-order valence-electron chi connectivity index (χ0n) is 16.9. The molecule has 2 rings (SSSR count). The van der Waals surface area contributed by atoms with E-state index in [0.29, 0.717) is 0 Å². The highest BCUT2D eigenvalue weighted by molar-refractivity contribution is 5.00. The molecule has 30 heavy (non-hydrogen) atoms.